The summed E-state index contributed by atoms with van der Waals surface area (Å²) in [6.45, 7) is 2.30. The van der Waals surface area contributed by atoms with E-state index in [-0.39, 0.29) is 18.2 Å². The molecule has 2 heterocycles. The Kier molecular flexibility index (Phi) is 6.26. The minimum absolute atomic E-state index is 0.0319. The Balaban J connectivity index is 1.34. The van der Waals surface area contributed by atoms with Crippen molar-refractivity contribution in [1.29, 1.82) is 0 Å². The zero-order valence-corrected chi connectivity index (χ0v) is 16.8. The van der Waals surface area contributed by atoms with Crippen molar-refractivity contribution in [2.24, 2.45) is 0 Å². The van der Waals surface area contributed by atoms with Crippen LogP contribution in [-0.4, -0.2) is 69.3 Å². The summed E-state index contributed by atoms with van der Waals surface area (Å²) < 4.78 is 5.25. The number of nitrogens with one attached hydrogen (secondary N) is 2. The van der Waals surface area contributed by atoms with Gasteiger partial charge in [0.25, 0.3) is 5.91 Å². The number of para-hydroxylation sites is 2. The van der Waals surface area contributed by atoms with E-state index in [1.54, 1.807) is 47.4 Å². The Hall–Kier alpha value is -3.27. The third-order valence-corrected chi connectivity index (χ3v) is 5.20. The number of aliphatic hydroxyl groups is 2. The van der Waals surface area contributed by atoms with E-state index in [4.69, 9.17) is 4.74 Å². The van der Waals surface area contributed by atoms with E-state index in [1.807, 2.05) is 6.07 Å². The quantitative estimate of drug-likeness (QED) is 0.467. The molecule has 31 heavy (non-hydrogen) atoms. The van der Waals surface area contributed by atoms with E-state index in [0.717, 1.165) is 5.56 Å². The van der Waals surface area contributed by atoms with E-state index < -0.39 is 18.1 Å². The molecule has 2 unspecified atom stereocenters. The van der Waals surface area contributed by atoms with Crippen molar-refractivity contribution in [3.63, 3.8) is 0 Å². The molecule has 9 heteroatoms. The molecule has 1 aliphatic rings. The summed E-state index contributed by atoms with van der Waals surface area (Å²) in [5, 5.41) is 23.2. The van der Waals surface area contributed by atoms with Crippen LogP contribution >= 0.6 is 0 Å². The number of fused-ring (bicyclic) bond motifs is 1. The highest BCUT2D eigenvalue weighted by Crippen LogP contribution is 2.20. The van der Waals surface area contributed by atoms with Crippen molar-refractivity contribution in [3.8, 4) is 0 Å². The van der Waals surface area contributed by atoms with Crippen molar-refractivity contribution in [2.75, 3.05) is 31.6 Å². The lowest BCUT2D eigenvalue weighted by Crippen LogP contribution is -2.41. The molecule has 0 spiro atoms. The second kappa shape index (κ2) is 9.25. The van der Waals surface area contributed by atoms with Gasteiger partial charge >= 0.3 is 0 Å². The maximum absolute atomic E-state index is 12.4. The molecule has 162 valence electrons. The Bertz CT molecular complexity index is 1030. The summed E-state index contributed by atoms with van der Waals surface area (Å²) in [6, 6.07) is 14.0. The van der Waals surface area contributed by atoms with Gasteiger partial charge in [-0.25, -0.2) is 4.98 Å². The average molecular weight is 424 g/mol. The first-order valence-corrected chi connectivity index (χ1v) is 10.1. The van der Waals surface area contributed by atoms with Gasteiger partial charge in [0.15, 0.2) is 6.10 Å². The highest BCUT2D eigenvalue weighted by molar-refractivity contribution is 5.94. The molecular formula is C22H24N4O5. The molecule has 1 fully saturated rings. The fourth-order valence-electron chi connectivity index (χ4n) is 3.43. The van der Waals surface area contributed by atoms with Crippen LogP contribution < -0.4 is 5.32 Å². The molecule has 2 atom stereocenters. The maximum atomic E-state index is 12.4. The molecule has 1 saturated heterocycles. The van der Waals surface area contributed by atoms with Crippen LogP contribution in [0.25, 0.3) is 11.0 Å². The van der Waals surface area contributed by atoms with Crippen LogP contribution in [0.1, 0.15) is 17.5 Å². The molecule has 2 amide bonds. The fourth-order valence-corrected chi connectivity index (χ4v) is 3.43. The summed E-state index contributed by atoms with van der Waals surface area (Å²) >= 11 is 0. The number of amides is 2. The molecule has 4 rings (SSSR count). The smallest absolute Gasteiger partial charge is 0.256 e. The predicted molar refractivity (Wildman–Crippen MR) is 113 cm³/mol. The molecule has 0 saturated carbocycles. The van der Waals surface area contributed by atoms with Crippen LogP contribution in [0.5, 0.6) is 0 Å². The number of carbonyl (C=O) groups excluding carboxylic acids is 2. The number of aliphatic hydroxyl groups excluding tert-OH is 2. The van der Waals surface area contributed by atoms with Crippen LogP contribution in [-0.2, 0) is 20.7 Å². The van der Waals surface area contributed by atoms with Gasteiger partial charge in [-0.3, -0.25) is 9.59 Å². The third kappa shape index (κ3) is 4.91. The average Bonchev–Trinajstić information content (AvgIpc) is 3.24. The van der Waals surface area contributed by atoms with Gasteiger partial charge in [-0.15, -0.1) is 0 Å². The minimum atomic E-state index is -1.71. The molecular weight excluding hydrogens is 400 g/mol. The summed E-state index contributed by atoms with van der Waals surface area (Å²) in [5.41, 5.74) is 2.60. The largest absolute Gasteiger partial charge is 0.382 e. The number of aromatic amines is 1. The monoisotopic (exact) mass is 424 g/mol. The summed E-state index contributed by atoms with van der Waals surface area (Å²) in [7, 11) is 0. The molecule has 1 aliphatic heterocycles. The van der Waals surface area contributed by atoms with Crippen molar-refractivity contribution in [2.45, 2.75) is 18.6 Å². The van der Waals surface area contributed by atoms with E-state index in [9.17, 15) is 19.8 Å². The summed E-state index contributed by atoms with van der Waals surface area (Å²) in [5.74, 6) is -0.615. The van der Waals surface area contributed by atoms with Gasteiger partial charge in [-0.2, -0.15) is 0 Å². The SMILES string of the molecule is O=C(Nc1ccc(CC(=O)N2CCOCC2)cc1)C(O)C(O)c1nc2ccccc2[nH]1. The van der Waals surface area contributed by atoms with Crippen LogP contribution in [0.15, 0.2) is 48.5 Å². The number of benzene rings is 2. The second-order valence-electron chi connectivity index (χ2n) is 7.38. The standard InChI is InChI=1S/C22H24N4O5/c27-18(26-9-11-31-12-10-26)13-14-5-7-15(8-6-14)23-22(30)20(29)19(28)21-24-16-3-1-2-4-17(16)25-21/h1-8,19-20,28-29H,9-13H2,(H,23,30)(H,24,25). The van der Waals surface area contributed by atoms with E-state index in [0.29, 0.717) is 43.0 Å². The molecule has 3 aromatic rings. The number of imidazole rings is 1. The van der Waals surface area contributed by atoms with Gasteiger partial charge in [0.1, 0.15) is 11.9 Å². The molecule has 2 aromatic carbocycles. The zero-order chi connectivity index (χ0) is 21.8. The minimum Gasteiger partial charge on any atom is -0.382 e. The van der Waals surface area contributed by atoms with Gasteiger partial charge in [-0.1, -0.05) is 24.3 Å². The lowest BCUT2D eigenvalue weighted by Gasteiger charge is -2.26. The Morgan fingerprint density at radius 2 is 1.81 bits per heavy atom. The lowest BCUT2D eigenvalue weighted by molar-refractivity contribution is -0.134. The number of H-pyrrole nitrogens is 1. The number of nitrogens with zero attached hydrogens (tertiary/aromatic N) is 2. The first-order chi connectivity index (χ1) is 15.0. The number of aromatic nitrogens is 2. The molecule has 1 aromatic heterocycles. The summed E-state index contributed by atoms with van der Waals surface area (Å²) in [4.78, 5) is 33.6. The molecule has 0 radical (unpaired) electrons. The Morgan fingerprint density at radius 3 is 2.52 bits per heavy atom. The number of hydrogen-bond donors (Lipinski definition) is 4. The topological polar surface area (TPSA) is 128 Å². The highest BCUT2D eigenvalue weighted by Gasteiger charge is 2.28. The van der Waals surface area contributed by atoms with Gasteiger partial charge in [0.2, 0.25) is 5.91 Å². The molecule has 0 bridgehead atoms. The molecule has 9 nitrogen and oxygen atoms in total. The number of carbonyl (C=O) groups is 2. The third-order valence-electron chi connectivity index (χ3n) is 5.20. The van der Waals surface area contributed by atoms with E-state index in [2.05, 4.69) is 15.3 Å². The number of anilines is 1. The van der Waals surface area contributed by atoms with Crippen molar-refractivity contribution >= 4 is 28.5 Å². The fraction of sp³-hybridized carbons (Fsp3) is 0.318. The zero-order valence-electron chi connectivity index (χ0n) is 16.8. The number of hydrogen-bond acceptors (Lipinski definition) is 6. The van der Waals surface area contributed by atoms with Crippen LogP contribution in [0, 0.1) is 0 Å². The van der Waals surface area contributed by atoms with Gasteiger partial charge < -0.3 is 30.2 Å². The van der Waals surface area contributed by atoms with Crippen molar-refractivity contribution < 1.29 is 24.5 Å². The Morgan fingerprint density at radius 1 is 1.10 bits per heavy atom. The van der Waals surface area contributed by atoms with Gasteiger partial charge in [0, 0.05) is 18.8 Å². The number of ether oxygens (including phenoxy) is 1. The first kappa shape index (κ1) is 21.0. The van der Waals surface area contributed by atoms with Gasteiger partial charge in [-0.05, 0) is 29.8 Å². The summed E-state index contributed by atoms with van der Waals surface area (Å²) in [6.07, 6.45) is -2.94. The highest BCUT2D eigenvalue weighted by atomic mass is 16.5. The molecule has 4 N–H and O–H groups in total. The first-order valence-electron chi connectivity index (χ1n) is 10.1. The predicted octanol–water partition coefficient (Wildman–Crippen LogP) is 0.997. The van der Waals surface area contributed by atoms with E-state index in [1.165, 1.54) is 0 Å². The lowest BCUT2D eigenvalue weighted by atomic mass is 10.1. The number of morpholine rings is 1. The molecule has 0 aliphatic carbocycles. The van der Waals surface area contributed by atoms with Gasteiger partial charge in [0.05, 0.1) is 30.7 Å². The van der Waals surface area contributed by atoms with E-state index >= 15 is 0 Å². The normalized spacial score (nSPS) is 16.1. The maximum Gasteiger partial charge on any atom is 0.256 e. The van der Waals surface area contributed by atoms with Crippen LogP contribution in [0.3, 0.4) is 0 Å². The van der Waals surface area contributed by atoms with Crippen molar-refractivity contribution in [3.05, 3.63) is 59.9 Å². The van der Waals surface area contributed by atoms with Crippen LogP contribution in [0.2, 0.25) is 0 Å². The number of rotatable bonds is 6. The van der Waals surface area contributed by atoms with Crippen molar-refractivity contribution in [1.82, 2.24) is 14.9 Å². The second-order valence-corrected chi connectivity index (χ2v) is 7.38. The van der Waals surface area contributed by atoms with Crippen LogP contribution in [0.4, 0.5) is 5.69 Å². The Labute approximate surface area is 178 Å².